The molecule has 7 nitrogen and oxygen atoms in total. The Morgan fingerprint density at radius 3 is 2.16 bits per heavy atom. The predicted molar refractivity (Wildman–Crippen MR) is 169 cm³/mol. The van der Waals surface area contributed by atoms with Crippen LogP contribution in [0.25, 0.3) is 0 Å². The number of ether oxygens (including phenoxy) is 1. The molecule has 5 rings (SSSR count). The third kappa shape index (κ3) is 4.55. The Morgan fingerprint density at radius 1 is 0.909 bits per heavy atom. The van der Waals surface area contributed by atoms with Gasteiger partial charge in [-0.25, -0.2) is 0 Å². The molecule has 4 fully saturated rings. The Kier molecular flexibility index (Phi) is 8.06. The number of carbonyl (C=O) groups is 4. The average Bonchev–Trinajstić information content (AvgIpc) is 2.94. The molecule has 0 saturated heterocycles. The van der Waals surface area contributed by atoms with E-state index in [1.807, 2.05) is 26.8 Å². The first kappa shape index (κ1) is 33.2. The second kappa shape index (κ2) is 10.7. The fourth-order valence-electron chi connectivity index (χ4n) is 11.7. The molecule has 246 valence electrons. The Hall–Kier alpha value is -2.18. The number of hydrogen-bond donors (Lipinski definition) is 1. The van der Waals surface area contributed by atoms with Crippen molar-refractivity contribution in [2.24, 2.45) is 56.2 Å². The first-order valence-corrected chi connectivity index (χ1v) is 17.3. The van der Waals surface area contributed by atoms with Crippen LogP contribution in [0.5, 0.6) is 0 Å². The van der Waals surface area contributed by atoms with Crippen molar-refractivity contribution >= 4 is 23.6 Å². The van der Waals surface area contributed by atoms with E-state index in [4.69, 9.17) is 4.74 Å². The monoisotopic (exact) mass is 611 g/mol. The first-order valence-electron chi connectivity index (χ1n) is 17.3. The average molecular weight is 612 g/mol. The van der Waals surface area contributed by atoms with E-state index in [9.17, 15) is 24.3 Å². The van der Waals surface area contributed by atoms with Gasteiger partial charge in [0.05, 0.1) is 11.3 Å². The lowest BCUT2D eigenvalue weighted by molar-refractivity contribution is -0.200. The maximum atomic E-state index is 14.6. The fraction of sp³-hybridized carbons (Fsp3) is 0.838. The number of fused-ring (bicyclic) bond motifs is 7. The number of hydrogen-bond acceptors (Lipinski definition) is 5. The van der Waals surface area contributed by atoms with E-state index in [0.717, 1.165) is 38.5 Å². The van der Waals surface area contributed by atoms with Gasteiger partial charge in [0, 0.05) is 19.0 Å². The third-order valence-electron chi connectivity index (χ3n) is 14.9. The zero-order valence-corrected chi connectivity index (χ0v) is 28.8. The highest BCUT2D eigenvalue weighted by Crippen LogP contribution is 2.75. The van der Waals surface area contributed by atoms with Crippen molar-refractivity contribution in [2.75, 3.05) is 19.7 Å². The van der Waals surface area contributed by atoms with E-state index >= 15 is 0 Å². The summed E-state index contributed by atoms with van der Waals surface area (Å²) in [6.07, 6.45) is 9.50. The molecule has 0 aromatic rings. The molecule has 5 aliphatic rings. The Bertz CT molecular complexity index is 1270. The van der Waals surface area contributed by atoms with Gasteiger partial charge in [0.15, 0.2) is 12.4 Å². The largest absolute Gasteiger partial charge is 0.481 e. The lowest BCUT2D eigenvalue weighted by Crippen LogP contribution is -2.66. The summed E-state index contributed by atoms with van der Waals surface area (Å²) in [5.74, 6) is -1.17. The van der Waals surface area contributed by atoms with Crippen molar-refractivity contribution in [3.8, 4) is 0 Å². The lowest BCUT2D eigenvalue weighted by Gasteiger charge is -2.70. The molecule has 0 bridgehead atoms. The highest BCUT2D eigenvalue weighted by atomic mass is 16.5. The van der Waals surface area contributed by atoms with Crippen LogP contribution in [-0.4, -0.2) is 53.3 Å². The van der Waals surface area contributed by atoms with Crippen molar-refractivity contribution in [3.05, 3.63) is 11.6 Å². The van der Waals surface area contributed by atoms with Crippen LogP contribution in [0, 0.1) is 56.2 Å². The van der Waals surface area contributed by atoms with Crippen LogP contribution in [0.3, 0.4) is 0 Å². The van der Waals surface area contributed by atoms with Gasteiger partial charge < -0.3 is 14.7 Å². The molecule has 0 spiro atoms. The van der Waals surface area contributed by atoms with Gasteiger partial charge in [0.1, 0.15) is 0 Å². The molecule has 0 unspecified atom stereocenters. The molecule has 0 heterocycles. The third-order valence-corrected chi connectivity index (χ3v) is 14.9. The minimum absolute atomic E-state index is 0.0258. The van der Waals surface area contributed by atoms with Gasteiger partial charge in [0.2, 0.25) is 0 Å². The second-order valence-electron chi connectivity index (χ2n) is 17.1. The van der Waals surface area contributed by atoms with Gasteiger partial charge >= 0.3 is 11.9 Å². The van der Waals surface area contributed by atoms with E-state index in [2.05, 4.69) is 41.5 Å². The van der Waals surface area contributed by atoms with E-state index in [1.165, 1.54) is 5.57 Å². The Labute approximate surface area is 264 Å². The highest BCUT2D eigenvalue weighted by molar-refractivity contribution is 5.96. The molecule has 1 N–H and O–H groups in total. The van der Waals surface area contributed by atoms with E-state index in [-0.39, 0.29) is 75.0 Å². The van der Waals surface area contributed by atoms with E-state index < -0.39 is 11.4 Å². The minimum Gasteiger partial charge on any atom is -0.481 e. The van der Waals surface area contributed by atoms with Crippen molar-refractivity contribution in [3.63, 3.8) is 0 Å². The van der Waals surface area contributed by atoms with Crippen LogP contribution < -0.4 is 0 Å². The first-order chi connectivity index (χ1) is 20.3. The molecule has 7 heteroatoms. The molecule has 0 aromatic carbocycles. The van der Waals surface area contributed by atoms with Crippen molar-refractivity contribution < 1.29 is 29.0 Å². The van der Waals surface area contributed by atoms with Crippen molar-refractivity contribution in [1.29, 1.82) is 0 Å². The van der Waals surface area contributed by atoms with Crippen LogP contribution in [0.4, 0.5) is 0 Å². The second-order valence-corrected chi connectivity index (χ2v) is 17.1. The number of nitrogens with zero attached hydrogens (tertiary/aromatic N) is 1. The van der Waals surface area contributed by atoms with Crippen LogP contribution in [0.2, 0.25) is 0 Å². The minimum atomic E-state index is -0.763. The Morgan fingerprint density at radius 2 is 1.55 bits per heavy atom. The standard InChI is InChI=1S/C37H57NO6/c1-10-38(11-2)28(40)22-44-30(41)23-12-14-35(7)27(32(23,3)4)13-15-37(9)29(35)26(39)20-24-25-21-34(6,31(42)43)17-16-33(25,5)18-19-36(24,37)8/h20,23,25,27,29H,10-19,21-22H2,1-9H3,(H,42,43)/t23-,25+,27+,29-,33-,34+,35+,36-,37-/m1/s1. The lowest BCUT2D eigenvalue weighted by atomic mass is 9.33. The molecule has 0 radical (unpaired) electrons. The van der Waals surface area contributed by atoms with Gasteiger partial charge in [-0.05, 0) is 124 Å². The zero-order valence-electron chi connectivity index (χ0n) is 28.8. The summed E-state index contributed by atoms with van der Waals surface area (Å²) in [7, 11) is 0. The number of carboxylic acid groups (broad SMARTS) is 1. The Balaban J connectivity index is 1.45. The zero-order chi connectivity index (χ0) is 32.7. The molecule has 1 amide bonds. The summed E-state index contributed by atoms with van der Waals surface area (Å²) in [6, 6.07) is 0. The number of allylic oxidation sites excluding steroid dienone is 2. The predicted octanol–water partition coefficient (Wildman–Crippen LogP) is 7.08. The molecular weight excluding hydrogens is 554 g/mol. The van der Waals surface area contributed by atoms with Gasteiger partial charge in [0.25, 0.3) is 5.91 Å². The molecule has 5 aliphatic carbocycles. The number of likely N-dealkylation sites (N-methyl/N-ethyl adjacent to an activating group) is 1. The number of aliphatic carboxylic acids is 1. The highest BCUT2D eigenvalue weighted by Gasteiger charge is 2.70. The van der Waals surface area contributed by atoms with Crippen LogP contribution in [0.15, 0.2) is 11.6 Å². The van der Waals surface area contributed by atoms with Gasteiger partial charge in [-0.3, -0.25) is 19.2 Å². The smallest absolute Gasteiger partial charge is 0.309 e. The SMILES string of the molecule is CCN(CC)C(=O)COC(=O)[C@H]1CC[C@]2(C)[C@H]3C(=O)C=C4[C@@H]5C[C@@](C)(C(=O)O)CC[C@]5(C)CC[C@@]4(C)[C@]3(C)CC[C@H]2C1(C)C. The topological polar surface area (TPSA) is 101 Å². The number of esters is 1. The summed E-state index contributed by atoms with van der Waals surface area (Å²) >= 11 is 0. The van der Waals surface area contributed by atoms with Gasteiger partial charge in [-0.1, -0.05) is 47.1 Å². The molecule has 0 aromatic heterocycles. The molecule has 0 aliphatic heterocycles. The number of ketones is 1. The maximum absolute atomic E-state index is 14.6. The summed E-state index contributed by atoms with van der Waals surface area (Å²) < 4.78 is 5.66. The maximum Gasteiger partial charge on any atom is 0.309 e. The summed E-state index contributed by atoms with van der Waals surface area (Å²) in [6.45, 7) is 20.4. The number of carbonyl (C=O) groups excluding carboxylic acids is 3. The summed E-state index contributed by atoms with van der Waals surface area (Å²) in [5, 5.41) is 10.2. The van der Waals surface area contributed by atoms with Gasteiger partial charge in [-0.2, -0.15) is 0 Å². The fourth-order valence-corrected chi connectivity index (χ4v) is 11.7. The van der Waals surface area contributed by atoms with Crippen LogP contribution in [0.1, 0.15) is 120 Å². The van der Waals surface area contributed by atoms with E-state index in [0.29, 0.717) is 32.4 Å². The van der Waals surface area contributed by atoms with Crippen LogP contribution in [-0.2, 0) is 23.9 Å². The number of rotatable bonds is 6. The normalized spacial score (nSPS) is 44.2. The van der Waals surface area contributed by atoms with Gasteiger partial charge in [-0.15, -0.1) is 0 Å². The summed E-state index contributed by atoms with van der Waals surface area (Å²) in [5.41, 5.74) is -0.581. The molecule has 4 saturated carbocycles. The number of amides is 1. The molecular formula is C37H57NO6. The van der Waals surface area contributed by atoms with Crippen molar-refractivity contribution in [2.45, 2.75) is 120 Å². The summed E-state index contributed by atoms with van der Waals surface area (Å²) in [4.78, 5) is 54.7. The van der Waals surface area contributed by atoms with Crippen LogP contribution >= 0.6 is 0 Å². The molecule has 44 heavy (non-hydrogen) atoms. The quantitative estimate of drug-likeness (QED) is 0.322. The van der Waals surface area contributed by atoms with Crippen molar-refractivity contribution in [1.82, 2.24) is 4.90 Å². The van der Waals surface area contributed by atoms with E-state index in [1.54, 1.807) is 4.90 Å². The molecule has 9 atom stereocenters. The number of carboxylic acids is 1.